The summed E-state index contributed by atoms with van der Waals surface area (Å²) in [5, 5.41) is 0.00334. The van der Waals surface area contributed by atoms with Crippen molar-refractivity contribution < 1.29 is 12.8 Å². The monoisotopic (exact) mass is 298 g/mol. The van der Waals surface area contributed by atoms with Crippen molar-refractivity contribution in [3.63, 3.8) is 0 Å². The molecule has 0 amide bonds. The fraction of sp³-hybridized carbons (Fsp3) is 0.714. The maximum Gasteiger partial charge on any atom is 0.276 e. The van der Waals surface area contributed by atoms with Crippen molar-refractivity contribution >= 4 is 10.0 Å². The highest BCUT2D eigenvalue weighted by Gasteiger charge is 2.41. The Morgan fingerprint density at radius 2 is 2.15 bits per heavy atom. The zero-order chi connectivity index (χ0) is 14.3. The highest BCUT2D eigenvalue weighted by atomic mass is 32.2. The van der Waals surface area contributed by atoms with Crippen LogP contribution in [0.1, 0.15) is 31.4 Å². The number of nitrogens with zero attached hydrogens (tertiary/aromatic N) is 1. The van der Waals surface area contributed by atoms with Crippen LogP contribution in [0.3, 0.4) is 0 Å². The van der Waals surface area contributed by atoms with E-state index in [9.17, 15) is 8.42 Å². The van der Waals surface area contributed by atoms with Gasteiger partial charge in [0, 0.05) is 13.6 Å². The van der Waals surface area contributed by atoms with Crippen LogP contribution in [0.5, 0.6) is 0 Å². The molecule has 6 heteroatoms. The van der Waals surface area contributed by atoms with Crippen LogP contribution >= 0.6 is 0 Å². The van der Waals surface area contributed by atoms with E-state index in [-0.39, 0.29) is 11.6 Å². The van der Waals surface area contributed by atoms with Gasteiger partial charge in [-0.3, -0.25) is 0 Å². The highest BCUT2D eigenvalue weighted by Crippen LogP contribution is 2.48. The third-order valence-corrected chi connectivity index (χ3v) is 6.58. The van der Waals surface area contributed by atoms with Gasteiger partial charge >= 0.3 is 0 Å². The van der Waals surface area contributed by atoms with Gasteiger partial charge in [0.05, 0.1) is 6.54 Å². The van der Waals surface area contributed by atoms with Crippen molar-refractivity contribution in [3.05, 3.63) is 17.9 Å². The Bertz CT molecular complexity index is 581. The molecule has 1 heterocycles. The first-order valence-corrected chi connectivity index (χ1v) is 8.70. The van der Waals surface area contributed by atoms with E-state index in [2.05, 4.69) is 0 Å². The predicted octanol–water partition coefficient (Wildman–Crippen LogP) is 1.80. The summed E-state index contributed by atoms with van der Waals surface area (Å²) in [5.41, 5.74) is 5.45. The molecule has 2 aliphatic carbocycles. The number of hydrogen-bond acceptors (Lipinski definition) is 4. The van der Waals surface area contributed by atoms with Crippen LogP contribution in [0.25, 0.3) is 0 Å². The molecule has 0 saturated heterocycles. The summed E-state index contributed by atoms with van der Waals surface area (Å²) in [6.45, 7) is 0.813. The average Bonchev–Trinajstić information content (AvgIpc) is 3.14. The molecule has 1 aromatic rings. The zero-order valence-corrected chi connectivity index (χ0v) is 12.6. The Kier molecular flexibility index (Phi) is 3.64. The van der Waals surface area contributed by atoms with Crippen molar-refractivity contribution in [3.8, 4) is 0 Å². The molecule has 0 spiro atoms. The van der Waals surface area contributed by atoms with Gasteiger partial charge in [0.2, 0.25) is 5.09 Å². The van der Waals surface area contributed by atoms with Gasteiger partial charge in [0.15, 0.2) is 0 Å². The van der Waals surface area contributed by atoms with Gasteiger partial charge in [-0.25, -0.2) is 8.42 Å². The molecule has 3 rings (SSSR count). The molecule has 0 aromatic carbocycles. The number of sulfonamides is 1. The Morgan fingerprint density at radius 3 is 2.70 bits per heavy atom. The van der Waals surface area contributed by atoms with Gasteiger partial charge in [0.25, 0.3) is 10.0 Å². The van der Waals surface area contributed by atoms with Crippen LogP contribution in [0.15, 0.2) is 21.6 Å². The van der Waals surface area contributed by atoms with Crippen molar-refractivity contribution in [1.82, 2.24) is 4.31 Å². The van der Waals surface area contributed by atoms with Crippen LogP contribution < -0.4 is 5.73 Å². The molecule has 2 N–H and O–H groups in total. The molecule has 2 bridgehead atoms. The summed E-state index contributed by atoms with van der Waals surface area (Å²) in [4.78, 5) is 0. The van der Waals surface area contributed by atoms with E-state index in [1.807, 2.05) is 0 Å². The smallest absolute Gasteiger partial charge is 0.276 e. The average molecular weight is 298 g/mol. The predicted molar refractivity (Wildman–Crippen MR) is 75.4 cm³/mol. The Balaban J connectivity index is 1.70. The second-order valence-electron chi connectivity index (χ2n) is 6.15. The summed E-state index contributed by atoms with van der Waals surface area (Å²) in [5.74, 6) is 2.55. The van der Waals surface area contributed by atoms with Gasteiger partial charge in [0.1, 0.15) is 5.76 Å². The van der Waals surface area contributed by atoms with Crippen LogP contribution in [-0.4, -0.2) is 26.3 Å². The van der Waals surface area contributed by atoms with Crippen molar-refractivity contribution in [2.24, 2.45) is 23.5 Å². The summed E-state index contributed by atoms with van der Waals surface area (Å²) in [7, 11) is -1.88. The fourth-order valence-electron chi connectivity index (χ4n) is 3.79. The van der Waals surface area contributed by atoms with Gasteiger partial charge < -0.3 is 10.2 Å². The molecule has 3 atom stereocenters. The zero-order valence-electron chi connectivity index (χ0n) is 11.8. The Morgan fingerprint density at radius 1 is 1.35 bits per heavy atom. The minimum atomic E-state index is -3.52. The molecule has 2 saturated carbocycles. The van der Waals surface area contributed by atoms with Crippen LogP contribution in [0, 0.1) is 17.8 Å². The number of hydrogen-bond donors (Lipinski definition) is 1. The van der Waals surface area contributed by atoms with E-state index in [0.29, 0.717) is 24.1 Å². The maximum absolute atomic E-state index is 12.4. The summed E-state index contributed by atoms with van der Waals surface area (Å²) >= 11 is 0. The lowest BCUT2D eigenvalue weighted by molar-refractivity contribution is 0.276. The standard InChI is InChI=1S/C14H22N2O3S/c1-16(9-12-7-10-2-3-11(12)6-10)20(17,18)14-5-4-13(8-15)19-14/h4-5,10-12H,2-3,6-9,15H2,1H3. The first-order valence-electron chi connectivity index (χ1n) is 7.26. The molecule has 2 fully saturated rings. The minimum absolute atomic E-state index is 0.00334. The van der Waals surface area contributed by atoms with Gasteiger partial charge in [-0.05, 0) is 49.1 Å². The summed E-state index contributed by atoms with van der Waals surface area (Å²) in [6, 6.07) is 3.12. The molecule has 20 heavy (non-hydrogen) atoms. The molecule has 0 radical (unpaired) electrons. The number of rotatable bonds is 5. The maximum atomic E-state index is 12.4. The summed E-state index contributed by atoms with van der Waals surface area (Å²) < 4.78 is 31.6. The number of furan rings is 1. The largest absolute Gasteiger partial charge is 0.447 e. The molecule has 1 aromatic heterocycles. The third kappa shape index (κ3) is 2.40. The van der Waals surface area contributed by atoms with E-state index in [1.54, 1.807) is 13.1 Å². The Hall–Kier alpha value is -0.850. The molecule has 5 nitrogen and oxygen atoms in total. The van der Waals surface area contributed by atoms with E-state index in [4.69, 9.17) is 10.2 Å². The van der Waals surface area contributed by atoms with Gasteiger partial charge in [-0.2, -0.15) is 4.31 Å². The normalized spacial score (nSPS) is 29.4. The van der Waals surface area contributed by atoms with Gasteiger partial charge in [-0.1, -0.05) is 6.42 Å². The topological polar surface area (TPSA) is 76.5 Å². The van der Waals surface area contributed by atoms with E-state index >= 15 is 0 Å². The first kappa shape index (κ1) is 14.1. The lowest BCUT2D eigenvalue weighted by Gasteiger charge is -2.26. The highest BCUT2D eigenvalue weighted by molar-refractivity contribution is 7.89. The lowest BCUT2D eigenvalue weighted by atomic mass is 9.89. The van der Waals surface area contributed by atoms with Crippen molar-refractivity contribution in [2.75, 3.05) is 13.6 Å². The minimum Gasteiger partial charge on any atom is -0.447 e. The Labute approximate surface area is 120 Å². The SMILES string of the molecule is CN(CC1CC2CCC1C2)S(=O)(=O)c1ccc(CN)o1. The third-order valence-electron chi connectivity index (χ3n) is 4.88. The molecule has 0 aliphatic heterocycles. The molecule has 112 valence electrons. The van der Waals surface area contributed by atoms with E-state index in [0.717, 1.165) is 5.92 Å². The van der Waals surface area contributed by atoms with Crippen LogP contribution in [-0.2, 0) is 16.6 Å². The van der Waals surface area contributed by atoms with Gasteiger partial charge in [-0.15, -0.1) is 0 Å². The number of nitrogens with two attached hydrogens (primary N) is 1. The fourth-order valence-corrected chi connectivity index (χ4v) is 4.94. The van der Waals surface area contributed by atoms with E-state index in [1.165, 1.54) is 36.1 Å². The second kappa shape index (κ2) is 5.16. The van der Waals surface area contributed by atoms with Crippen LogP contribution in [0.4, 0.5) is 0 Å². The quantitative estimate of drug-likeness (QED) is 0.899. The molecular formula is C14H22N2O3S. The lowest BCUT2D eigenvalue weighted by Crippen LogP contribution is -2.33. The van der Waals surface area contributed by atoms with Crippen LogP contribution in [0.2, 0.25) is 0 Å². The number of fused-ring (bicyclic) bond motifs is 2. The summed E-state index contributed by atoms with van der Waals surface area (Å²) in [6.07, 6.45) is 5.06. The van der Waals surface area contributed by atoms with E-state index < -0.39 is 10.0 Å². The molecule has 3 unspecified atom stereocenters. The van der Waals surface area contributed by atoms with Crippen molar-refractivity contribution in [2.45, 2.75) is 37.3 Å². The van der Waals surface area contributed by atoms with Crippen molar-refractivity contribution in [1.29, 1.82) is 0 Å². The second-order valence-corrected chi connectivity index (χ2v) is 8.12. The molecular weight excluding hydrogens is 276 g/mol. The molecule has 2 aliphatic rings. The first-order chi connectivity index (χ1) is 9.50.